The number of hydrogen-bond donors (Lipinski definition) is 0. The van der Waals surface area contributed by atoms with Crippen molar-refractivity contribution in [2.45, 2.75) is 80.1 Å². The highest BCUT2D eigenvalue weighted by atomic mass is 14.8. The van der Waals surface area contributed by atoms with E-state index in [9.17, 15) is 0 Å². The first-order valence-corrected chi connectivity index (χ1v) is 8.89. The van der Waals surface area contributed by atoms with E-state index in [1.165, 1.54) is 0 Å². The van der Waals surface area contributed by atoms with Crippen molar-refractivity contribution < 1.29 is 0 Å². The third-order valence-corrected chi connectivity index (χ3v) is 2.76. The monoisotopic (exact) mass is 331 g/mol. The molecular weight excluding hydrogens is 294 g/mol. The minimum absolute atomic E-state index is 0.119. The minimum Gasteiger partial charge on any atom is -0.261 e. The molecule has 0 saturated carbocycles. The SMILES string of the molecule is CC.CC.CC(C)(C)c1ccccn1.CC(C)(C)c1cnccn1. The molecule has 0 amide bonds. The molecule has 0 radical (unpaired) electrons. The highest BCUT2D eigenvalue weighted by Crippen LogP contribution is 2.18. The lowest BCUT2D eigenvalue weighted by molar-refractivity contribution is 0.565. The zero-order valence-corrected chi connectivity index (χ0v) is 17.4. The van der Waals surface area contributed by atoms with Gasteiger partial charge in [-0.15, -0.1) is 0 Å². The van der Waals surface area contributed by atoms with Gasteiger partial charge in [-0.3, -0.25) is 15.0 Å². The molecule has 2 rings (SSSR count). The topological polar surface area (TPSA) is 38.7 Å². The Morgan fingerprint density at radius 3 is 1.38 bits per heavy atom. The number of pyridine rings is 1. The molecule has 3 heteroatoms. The molecule has 136 valence electrons. The van der Waals surface area contributed by atoms with Crippen LogP contribution in [0.5, 0.6) is 0 Å². The van der Waals surface area contributed by atoms with Crippen molar-refractivity contribution in [1.82, 2.24) is 15.0 Å². The largest absolute Gasteiger partial charge is 0.261 e. The molecule has 0 spiro atoms. The van der Waals surface area contributed by atoms with Gasteiger partial charge in [-0.25, -0.2) is 0 Å². The van der Waals surface area contributed by atoms with E-state index in [1.54, 1.807) is 18.6 Å². The summed E-state index contributed by atoms with van der Waals surface area (Å²) in [5, 5.41) is 0. The quantitative estimate of drug-likeness (QED) is 0.576. The van der Waals surface area contributed by atoms with Crippen molar-refractivity contribution in [2.24, 2.45) is 0 Å². The Kier molecular flexibility index (Phi) is 12.9. The molecule has 0 aliphatic carbocycles. The summed E-state index contributed by atoms with van der Waals surface area (Å²) in [5.41, 5.74) is 2.49. The van der Waals surface area contributed by atoms with Gasteiger partial charge < -0.3 is 0 Å². The smallest absolute Gasteiger partial charge is 0.0640 e. The van der Waals surface area contributed by atoms with E-state index in [0.717, 1.165) is 11.4 Å². The summed E-state index contributed by atoms with van der Waals surface area (Å²) in [4.78, 5) is 12.4. The van der Waals surface area contributed by atoms with Crippen LogP contribution in [0.1, 0.15) is 80.6 Å². The molecule has 2 aromatic rings. The van der Waals surface area contributed by atoms with Crippen molar-refractivity contribution in [3.8, 4) is 0 Å². The Morgan fingerprint density at radius 1 is 0.625 bits per heavy atom. The van der Waals surface area contributed by atoms with E-state index in [4.69, 9.17) is 0 Å². The fourth-order valence-corrected chi connectivity index (χ4v) is 1.49. The Morgan fingerprint density at radius 2 is 1.12 bits per heavy atom. The van der Waals surface area contributed by atoms with Crippen LogP contribution in [0.4, 0.5) is 0 Å². The highest BCUT2D eigenvalue weighted by Gasteiger charge is 2.14. The maximum absolute atomic E-state index is 4.25. The molecule has 0 unspecified atom stereocenters. The van der Waals surface area contributed by atoms with Gasteiger partial charge in [0.05, 0.1) is 5.69 Å². The van der Waals surface area contributed by atoms with Gasteiger partial charge in [0, 0.05) is 41.3 Å². The predicted molar refractivity (Wildman–Crippen MR) is 106 cm³/mol. The normalized spacial score (nSPS) is 10.1. The molecule has 3 nitrogen and oxygen atoms in total. The second-order valence-electron chi connectivity index (χ2n) is 6.81. The first-order valence-electron chi connectivity index (χ1n) is 8.89. The van der Waals surface area contributed by atoms with E-state index in [1.807, 2.05) is 46.0 Å². The fraction of sp³-hybridized carbons (Fsp3) is 0.571. The van der Waals surface area contributed by atoms with Crippen molar-refractivity contribution in [1.29, 1.82) is 0 Å². The first-order chi connectivity index (χ1) is 11.2. The van der Waals surface area contributed by atoms with Crippen LogP contribution in [-0.4, -0.2) is 15.0 Å². The zero-order chi connectivity index (χ0) is 19.2. The number of nitrogens with zero attached hydrogens (tertiary/aromatic N) is 3. The van der Waals surface area contributed by atoms with Gasteiger partial charge in [-0.05, 0) is 12.1 Å². The third kappa shape index (κ3) is 10.9. The molecule has 2 heterocycles. The number of aromatic nitrogens is 3. The van der Waals surface area contributed by atoms with Gasteiger partial charge in [0.2, 0.25) is 0 Å². The van der Waals surface area contributed by atoms with Crippen LogP contribution in [0, 0.1) is 0 Å². The Balaban J connectivity index is 0. The van der Waals surface area contributed by atoms with Crippen LogP contribution in [0.25, 0.3) is 0 Å². The standard InChI is InChI=1S/C9H13N.C8H12N2.2C2H6/c1-9(2,3)8-6-4-5-7-10-8;1-8(2,3)7-6-9-4-5-10-7;2*1-2/h4-7H,1-3H3;4-6H,1-3H3;2*1-2H3. The lowest BCUT2D eigenvalue weighted by atomic mass is 9.92. The summed E-state index contributed by atoms with van der Waals surface area (Å²) in [6.07, 6.45) is 7.05. The van der Waals surface area contributed by atoms with Crippen molar-refractivity contribution >= 4 is 0 Å². The van der Waals surface area contributed by atoms with Gasteiger partial charge in [-0.2, -0.15) is 0 Å². The average Bonchev–Trinajstić information content (AvgIpc) is 2.59. The highest BCUT2D eigenvalue weighted by molar-refractivity contribution is 5.12. The van der Waals surface area contributed by atoms with Gasteiger partial charge >= 0.3 is 0 Å². The van der Waals surface area contributed by atoms with E-state index >= 15 is 0 Å². The van der Waals surface area contributed by atoms with E-state index < -0.39 is 0 Å². The number of rotatable bonds is 0. The Hall–Kier alpha value is -1.77. The van der Waals surface area contributed by atoms with Crippen LogP contribution < -0.4 is 0 Å². The lowest BCUT2D eigenvalue weighted by Crippen LogP contribution is -2.13. The van der Waals surface area contributed by atoms with Crippen molar-refractivity contribution in [2.75, 3.05) is 0 Å². The molecule has 0 saturated heterocycles. The lowest BCUT2D eigenvalue weighted by Gasteiger charge is -2.16. The summed E-state index contributed by atoms with van der Waals surface area (Å²) < 4.78 is 0. The van der Waals surface area contributed by atoms with Crippen LogP contribution in [0.3, 0.4) is 0 Å². The van der Waals surface area contributed by atoms with Crippen LogP contribution in [0.15, 0.2) is 43.0 Å². The molecule has 0 aliphatic rings. The summed E-state index contributed by atoms with van der Waals surface area (Å²) in [6, 6.07) is 6.02. The second kappa shape index (κ2) is 12.6. The molecule has 24 heavy (non-hydrogen) atoms. The van der Waals surface area contributed by atoms with Crippen LogP contribution in [-0.2, 0) is 10.8 Å². The second-order valence-corrected chi connectivity index (χ2v) is 6.81. The van der Waals surface area contributed by atoms with E-state index in [2.05, 4.69) is 62.6 Å². The molecule has 0 bridgehead atoms. The summed E-state index contributed by atoms with van der Waals surface area (Å²) in [7, 11) is 0. The summed E-state index contributed by atoms with van der Waals surface area (Å²) in [5.74, 6) is 0. The fourth-order valence-electron chi connectivity index (χ4n) is 1.49. The Bertz CT molecular complexity index is 445. The van der Waals surface area contributed by atoms with Crippen LogP contribution in [0.2, 0.25) is 0 Å². The molecule has 0 atom stereocenters. The first kappa shape index (κ1) is 24.5. The van der Waals surface area contributed by atoms with Gasteiger partial charge in [0.25, 0.3) is 0 Å². The van der Waals surface area contributed by atoms with Crippen LogP contribution >= 0.6 is 0 Å². The maximum Gasteiger partial charge on any atom is 0.0640 e. The van der Waals surface area contributed by atoms with Gasteiger partial charge in [0.15, 0.2) is 0 Å². The molecule has 0 N–H and O–H groups in total. The van der Waals surface area contributed by atoms with Gasteiger partial charge in [0.1, 0.15) is 0 Å². The summed E-state index contributed by atoms with van der Waals surface area (Å²) in [6.45, 7) is 20.9. The molecule has 0 aliphatic heterocycles. The Labute approximate surface area is 150 Å². The number of hydrogen-bond acceptors (Lipinski definition) is 3. The average molecular weight is 332 g/mol. The van der Waals surface area contributed by atoms with Gasteiger partial charge in [-0.1, -0.05) is 75.3 Å². The molecule has 2 aromatic heterocycles. The molecule has 0 aromatic carbocycles. The van der Waals surface area contributed by atoms with Crippen molar-refractivity contribution in [3.05, 3.63) is 54.4 Å². The van der Waals surface area contributed by atoms with E-state index in [-0.39, 0.29) is 10.8 Å². The van der Waals surface area contributed by atoms with E-state index in [0.29, 0.717) is 0 Å². The maximum atomic E-state index is 4.25. The summed E-state index contributed by atoms with van der Waals surface area (Å²) >= 11 is 0. The molecular formula is C21H37N3. The third-order valence-electron chi connectivity index (χ3n) is 2.76. The minimum atomic E-state index is 0.119. The predicted octanol–water partition coefficient (Wildman–Crippen LogP) is 6.21. The molecule has 0 fully saturated rings. The zero-order valence-electron chi connectivity index (χ0n) is 17.4. The van der Waals surface area contributed by atoms with Crippen molar-refractivity contribution in [3.63, 3.8) is 0 Å².